The van der Waals surface area contributed by atoms with Gasteiger partial charge in [0.05, 0.1) is 12.7 Å². The summed E-state index contributed by atoms with van der Waals surface area (Å²) in [6, 6.07) is 15.5. The lowest BCUT2D eigenvalue weighted by Gasteiger charge is -2.09. The molecule has 0 aliphatic rings. The van der Waals surface area contributed by atoms with Crippen LogP contribution in [0.5, 0.6) is 5.75 Å². The second-order valence-electron chi connectivity index (χ2n) is 5.17. The number of methoxy groups -OCH3 is 1. The molecule has 2 N–H and O–H groups in total. The first kappa shape index (κ1) is 14.2. The molecule has 0 aliphatic carbocycles. The lowest BCUT2D eigenvalue weighted by atomic mass is 10.1. The van der Waals surface area contributed by atoms with Crippen LogP contribution in [-0.4, -0.2) is 18.0 Å². The van der Waals surface area contributed by atoms with Crippen molar-refractivity contribution in [2.24, 2.45) is 0 Å². The zero-order valence-corrected chi connectivity index (χ0v) is 12.6. The molecule has 112 valence electrons. The van der Waals surface area contributed by atoms with Crippen LogP contribution in [0.15, 0.2) is 48.5 Å². The predicted octanol–water partition coefficient (Wildman–Crippen LogP) is 3.41. The largest absolute Gasteiger partial charge is 0.496 e. The van der Waals surface area contributed by atoms with Crippen molar-refractivity contribution in [2.45, 2.75) is 13.5 Å². The van der Waals surface area contributed by atoms with Crippen LogP contribution < -0.4 is 10.1 Å². The van der Waals surface area contributed by atoms with Crippen molar-refractivity contribution >= 4 is 16.8 Å². The maximum atomic E-state index is 12.5. The van der Waals surface area contributed by atoms with Gasteiger partial charge in [0.1, 0.15) is 5.75 Å². The summed E-state index contributed by atoms with van der Waals surface area (Å²) in [4.78, 5) is 15.8. The molecule has 0 aliphatic heterocycles. The lowest BCUT2D eigenvalue weighted by molar-refractivity contribution is 0.0952. The average Bonchev–Trinajstić information content (AvgIpc) is 2.88. The number of benzene rings is 2. The zero-order valence-electron chi connectivity index (χ0n) is 12.6. The topological polar surface area (TPSA) is 54.1 Å². The molecular weight excluding hydrogens is 276 g/mol. The van der Waals surface area contributed by atoms with E-state index in [1.54, 1.807) is 7.11 Å². The molecule has 3 rings (SSSR count). The van der Waals surface area contributed by atoms with Crippen LogP contribution in [0.3, 0.4) is 0 Å². The van der Waals surface area contributed by atoms with E-state index in [1.165, 1.54) is 0 Å². The van der Waals surface area contributed by atoms with E-state index in [1.807, 2.05) is 55.5 Å². The normalized spacial score (nSPS) is 10.6. The highest BCUT2D eigenvalue weighted by atomic mass is 16.5. The van der Waals surface area contributed by atoms with E-state index < -0.39 is 0 Å². The van der Waals surface area contributed by atoms with Crippen LogP contribution in [0.2, 0.25) is 0 Å². The monoisotopic (exact) mass is 294 g/mol. The Morgan fingerprint density at radius 2 is 1.86 bits per heavy atom. The molecule has 1 aromatic heterocycles. The van der Waals surface area contributed by atoms with E-state index in [2.05, 4.69) is 10.3 Å². The van der Waals surface area contributed by atoms with Gasteiger partial charge in [-0.3, -0.25) is 4.79 Å². The molecule has 0 radical (unpaired) electrons. The Kier molecular flexibility index (Phi) is 3.83. The van der Waals surface area contributed by atoms with Gasteiger partial charge in [-0.2, -0.15) is 0 Å². The molecule has 0 saturated heterocycles. The van der Waals surface area contributed by atoms with E-state index in [4.69, 9.17) is 4.74 Å². The molecule has 4 nitrogen and oxygen atoms in total. The van der Waals surface area contributed by atoms with Gasteiger partial charge in [-0.05, 0) is 19.1 Å². The number of aryl methyl sites for hydroxylation is 1. The Hall–Kier alpha value is -2.75. The van der Waals surface area contributed by atoms with Crippen LogP contribution in [0.1, 0.15) is 21.6 Å². The number of ether oxygens (including phenoxy) is 1. The first-order chi connectivity index (χ1) is 10.7. The summed E-state index contributed by atoms with van der Waals surface area (Å²) < 4.78 is 5.30. The second-order valence-corrected chi connectivity index (χ2v) is 5.17. The van der Waals surface area contributed by atoms with Crippen LogP contribution in [0.25, 0.3) is 10.9 Å². The van der Waals surface area contributed by atoms with Crippen molar-refractivity contribution in [1.82, 2.24) is 10.3 Å². The Labute approximate surface area is 129 Å². The molecule has 0 bridgehead atoms. The second kappa shape index (κ2) is 5.93. The fraction of sp³-hybridized carbons (Fsp3) is 0.167. The van der Waals surface area contributed by atoms with Crippen LogP contribution in [-0.2, 0) is 6.54 Å². The van der Waals surface area contributed by atoms with E-state index >= 15 is 0 Å². The van der Waals surface area contributed by atoms with Crippen molar-refractivity contribution in [1.29, 1.82) is 0 Å². The minimum Gasteiger partial charge on any atom is -0.496 e. The predicted molar refractivity (Wildman–Crippen MR) is 87.2 cm³/mol. The van der Waals surface area contributed by atoms with Crippen LogP contribution in [0.4, 0.5) is 0 Å². The molecule has 1 amide bonds. The highest BCUT2D eigenvalue weighted by molar-refractivity contribution is 6.08. The summed E-state index contributed by atoms with van der Waals surface area (Å²) in [5.41, 5.74) is 3.50. The molecule has 0 unspecified atom stereocenters. The number of para-hydroxylation sites is 2. The number of rotatable bonds is 4. The number of carbonyl (C=O) groups is 1. The average molecular weight is 294 g/mol. The number of fused-ring (bicyclic) bond motifs is 1. The van der Waals surface area contributed by atoms with Crippen molar-refractivity contribution in [2.75, 3.05) is 7.11 Å². The Bertz CT molecular complexity index is 821. The van der Waals surface area contributed by atoms with Crippen molar-refractivity contribution in [3.63, 3.8) is 0 Å². The third-order valence-corrected chi connectivity index (χ3v) is 3.75. The third kappa shape index (κ3) is 2.55. The minimum absolute atomic E-state index is 0.0825. The molecule has 0 atom stereocenters. The number of amides is 1. The molecule has 2 aromatic carbocycles. The maximum Gasteiger partial charge on any atom is 0.253 e. The van der Waals surface area contributed by atoms with E-state index in [-0.39, 0.29) is 5.91 Å². The van der Waals surface area contributed by atoms with Gasteiger partial charge in [0.15, 0.2) is 0 Å². The summed E-state index contributed by atoms with van der Waals surface area (Å²) >= 11 is 0. The number of aromatic amines is 1. The highest BCUT2D eigenvalue weighted by Crippen LogP contribution is 2.22. The van der Waals surface area contributed by atoms with Crippen molar-refractivity contribution in [3.05, 3.63) is 65.4 Å². The molecule has 3 aromatic rings. The lowest BCUT2D eigenvalue weighted by Crippen LogP contribution is -2.23. The summed E-state index contributed by atoms with van der Waals surface area (Å²) in [6.45, 7) is 2.35. The fourth-order valence-electron chi connectivity index (χ4n) is 2.68. The summed E-state index contributed by atoms with van der Waals surface area (Å²) in [6.07, 6.45) is 0. The summed E-state index contributed by atoms with van der Waals surface area (Å²) in [5.74, 6) is 0.694. The molecule has 22 heavy (non-hydrogen) atoms. The quantitative estimate of drug-likeness (QED) is 0.774. The maximum absolute atomic E-state index is 12.5. The SMILES string of the molecule is COc1ccccc1CNC(=O)c1c(C)[nH]c2ccccc12. The Balaban J connectivity index is 1.83. The van der Waals surface area contributed by atoms with Gasteiger partial charge in [0.2, 0.25) is 0 Å². The molecule has 0 spiro atoms. The number of carbonyl (C=O) groups excluding carboxylic acids is 1. The molecule has 4 heteroatoms. The van der Waals surface area contributed by atoms with Crippen LogP contribution >= 0.6 is 0 Å². The highest BCUT2D eigenvalue weighted by Gasteiger charge is 2.15. The molecular formula is C18H18N2O2. The smallest absolute Gasteiger partial charge is 0.253 e. The van der Waals surface area contributed by atoms with Gasteiger partial charge in [-0.15, -0.1) is 0 Å². The van der Waals surface area contributed by atoms with Crippen molar-refractivity contribution in [3.8, 4) is 5.75 Å². The molecule has 0 fully saturated rings. The van der Waals surface area contributed by atoms with Gasteiger partial charge >= 0.3 is 0 Å². The number of nitrogens with one attached hydrogen (secondary N) is 2. The number of H-pyrrole nitrogens is 1. The first-order valence-electron chi connectivity index (χ1n) is 7.18. The van der Waals surface area contributed by atoms with Crippen molar-refractivity contribution < 1.29 is 9.53 Å². The van der Waals surface area contributed by atoms with Gasteiger partial charge in [-0.1, -0.05) is 36.4 Å². The minimum atomic E-state index is -0.0825. The molecule has 1 heterocycles. The Morgan fingerprint density at radius 3 is 2.68 bits per heavy atom. The third-order valence-electron chi connectivity index (χ3n) is 3.75. The number of hydrogen-bond acceptors (Lipinski definition) is 2. The summed E-state index contributed by atoms with van der Waals surface area (Å²) in [5, 5.41) is 3.91. The van der Waals surface area contributed by atoms with Crippen LogP contribution in [0, 0.1) is 6.92 Å². The van der Waals surface area contributed by atoms with E-state index in [9.17, 15) is 4.79 Å². The number of hydrogen-bond donors (Lipinski definition) is 2. The van der Waals surface area contributed by atoms with Gasteiger partial charge < -0.3 is 15.0 Å². The Morgan fingerprint density at radius 1 is 1.14 bits per heavy atom. The first-order valence-corrected chi connectivity index (χ1v) is 7.18. The zero-order chi connectivity index (χ0) is 15.5. The van der Waals surface area contributed by atoms with Gasteiger partial charge in [0, 0.05) is 28.7 Å². The molecule has 0 saturated carbocycles. The van der Waals surface area contributed by atoms with Gasteiger partial charge in [-0.25, -0.2) is 0 Å². The van der Waals surface area contributed by atoms with E-state index in [0.717, 1.165) is 27.9 Å². The van der Waals surface area contributed by atoms with E-state index in [0.29, 0.717) is 12.1 Å². The fourth-order valence-corrected chi connectivity index (χ4v) is 2.68. The number of aromatic nitrogens is 1. The standard InChI is InChI=1S/C18H18N2O2/c1-12-17(14-8-4-5-9-15(14)20-12)18(21)19-11-13-7-3-6-10-16(13)22-2/h3-10,20H,11H2,1-2H3,(H,19,21). The summed E-state index contributed by atoms with van der Waals surface area (Å²) in [7, 11) is 1.63. The van der Waals surface area contributed by atoms with Gasteiger partial charge in [0.25, 0.3) is 5.91 Å².